The van der Waals surface area contributed by atoms with Crippen LogP contribution >= 0.6 is 0 Å². The molecule has 2 fully saturated rings. The molecule has 1 amide bonds. The highest BCUT2D eigenvalue weighted by Gasteiger charge is 2.29. The Morgan fingerprint density at radius 3 is 2.75 bits per heavy atom. The highest BCUT2D eigenvalue weighted by Crippen LogP contribution is 2.27. The third-order valence-corrected chi connectivity index (χ3v) is 4.33. The number of hydrogen-bond donors (Lipinski definition) is 2. The normalized spacial score (nSPS) is 25.8. The lowest BCUT2D eigenvalue weighted by molar-refractivity contribution is -0.133. The van der Waals surface area contributed by atoms with E-state index in [0.717, 1.165) is 38.5 Å². The van der Waals surface area contributed by atoms with Crippen LogP contribution in [0.5, 0.6) is 0 Å². The molecule has 0 aromatic rings. The molecule has 0 radical (unpaired) electrons. The van der Waals surface area contributed by atoms with Gasteiger partial charge in [0.2, 0.25) is 5.91 Å². The number of hydrogen-bond acceptors (Lipinski definition) is 4. The number of aliphatic hydroxyl groups is 1. The molecule has 2 unspecified atom stereocenters. The summed E-state index contributed by atoms with van der Waals surface area (Å²) >= 11 is 0. The summed E-state index contributed by atoms with van der Waals surface area (Å²) in [6.45, 7) is 8.61. The number of amides is 1. The van der Waals surface area contributed by atoms with Gasteiger partial charge in [-0.1, -0.05) is 6.92 Å². The largest absolute Gasteiger partial charge is 0.392 e. The molecule has 2 aliphatic rings. The molecule has 1 saturated heterocycles. The maximum absolute atomic E-state index is 12.2. The van der Waals surface area contributed by atoms with Crippen molar-refractivity contribution in [1.82, 2.24) is 15.1 Å². The number of nitrogens with one attached hydrogen (secondary N) is 1. The number of carbonyl (C=O) groups is 1. The Balaban J connectivity index is 1.74. The third-order valence-electron chi connectivity index (χ3n) is 4.33. The summed E-state index contributed by atoms with van der Waals surface area (Å²) in [5, 5.41) is 12.8. The van der Waals surface area contributed by atoms with Crippen LogP contribution in [0.4, 0.5) is 0 Å². The maximum atomic E-state index is 12.2. The molecule has 1 heterocycles. The van der Waals surface area contributed by atoms with Crippen molar-refractivity contribution in [3.8, 4) is 0 Å². The second-order valence-electron chi connectivity index (χ2n) is 6.32. The van der Waals surface area contributed by atoms with Crippen molar-refractivity contribution >= 4 is 5.91 Å². The van der Waals surface area contributed by atoms with Gasteiger partial charge in [0.15, 0.2) is 0 Å². The van der Waals surface area contributed by atoms with Crippen molar-refractivity contribution in [2.75, 3.05) is 39.3 Å². The lowest BCUT2D eigenvalue weighted by atomic mass is 10.1. The van der Waals surface area contributed by atoms with Gasteiger partial charge in [0, 0.05) is 32.2 Å². The van der Waals surface area contributed by atoms with E-state index in [4.69, 9.17) is 0 Å². The number of carbonyl (C=O) groups excluding carboxylic acids is 1. The zero-order valence-corrected chi connectivity index (χ0v) is 12.8. The van der Waals surface area contributed by atoms with Gasteiger partial charge in [-0.25, -0.2) is 0 Å². The Hall–Kier alpha value is -0.650. The standard InChI is InChI=1S/C15H29N3O2/c1-3-14-11-18(7-6-17(14)10-12(2)19)15(20)9-16-8-13-4-5-13/h12-14,16,19H,3-11H2,1-2H3. The minimum Gasteiger partial charge on any atom is -0.392 e. The Morgan fingerprint density at radius 1 is 1.40 bits per heavy atom. The summed E-state index contributed by atoms with van der Waals surface area (Å²) in [6.07, 6.45) is 3.35. The third kappa shape index (κ3) is 4.72. The quantitative estimate of drug-likeness (QED) is 0.705. The molecule has 5 nitrogen and oxygen atoms in total. The number of nitrogens with zero attached hydrogens (tertiary/aromatic N) is 2. The van der Waals surface area contributed by atoms with Crippen molar-refractivity contribution in [2.45, 2.75) is 45.3 Å². The van der Waals surface area contributed by atoms with E-state index in [-0.39, 0.29) is 12.0 Å². The average molecular weight is 283 g/mol. The van der Waals surface area contributed by atoms with Gasteiger partial charge in [0.1, 0.15) is 0 Å². The first kappa shape index (κ1) is 15.7. The molecule has 0 spiro atoms. The van der Waals surface area contributed by atoms with Gasteiger partial charge >= 0.3 is 0 Å². The average Bonchev–Trinajstić information content (AvgIpc) is 3.22. The molecule has 1 saturated carbocycles. The molecule has 2 atom stereocenters. The Labute approximate surface area is 122 Å². The van der Waals surface area contributed by atoms with E-state index in [2.05, 4.69) is 17.1 Å². The van der Waals surface area contributed by atoms with E-state index in [1.165, 1.54) is 12.8 Å². The van der Waals surface area contributed by atoms with Crippen molar-refractivity contribution < 1.29 is 9.90 Å². The monoisotopic (exact) mass is 283 g/mol. The van der Waals surface area contributed by atoms with E-state index in [9.17, 15) is 9.90 Å². The summed E-state index contributed by atoms with van der Waals surface area (Å²) in [5.41, 5.74) is 0. The second kappa shape index (κ2) is 7.38. The Bertz CT molecular complexity index is 318. The molecule has 20 heavy (non-hydrogen) atoms. The van der Waals surface area contributed by atoms with Crippen LogP contribution < -0.4 is 5.32 Å². The molecule has 1 aliphatic heterocycles. The molecule has 1 aliphatic carbocycles. The minimum absolute atomic E-state index is 0.223. The minimum atomic E-state index is -0.300. The van der Waals surface area contributed by atoms with Gasteiger partial charge in [0.05, 0.1) is 12.6 Å². The topological polar surface area (TPSA) is 55.8 Å². The van der Waals surface area contributed by atoms with Crippen LogP contribution in [0.3, 0.4) is 0 Å². The first-order chi connectivity index (χ1) is 9.60. The zero-order valence-electron chi connectivity index (χ0n) is 12.8. The molecular weight excluding hydrogens is 254 g/mol. The molecule has 116 valence electrons. The zero-order chi connectivity index (χ0) is 14.5. The number of β-amino-alcohol motifs (C(OH)–C–C–N with tert-alkyl or cyclic N) is 1. The SMILES string of the molecule is CCC1CN(C(=O)CNCC2CC2)CCN1CC(C)O. The molecular formula is C15H29N3O2. The summed E-state index contributed by atoms with van der Waals surface area (Å²) in [5.74, 6) is 1.04. The van der Waals surface area contributed by atoms with Crippen molar-refractivity contribution in [2.24, 2.45) is 5.92 Å². The number of rotatable bonds is 7. The Kier molecular flexibility index (Phi) is 5.81. The fraction of sp³-hybridized carbons (Fsp3) is 0.933. The molecule has 0 aromatic carbocycles. The fourth-order valence-electron chi connectivity index (χ4n) is 2.90. The van der Waals surface area contributed by atoms with E-state index >= 15 is 0 Å². The molecule has 2 rings (SSSR count). The highest BCUT2D eigenvalue weighted by atomic mass is 16.3. The summed E-state index contributed by atoms with van der Waals surface area (Å²) < 4.78 is 0. The van der Waals surface area contributed by atoms with Gasteiger partial charge in [0.25, 0.3) is 0 Å². The van der Waals surface area contributed by atoms with Crippen LogP contribution in [-0.2, 0) is 4.79 Å². The molecule has 0 bridgehead atoms. The van der Waals surface area contributed by atoms with Crippen molar-refractivity contribution in [3.05, 3.63) is 0 Å². The van der Waals surface area contributed by atoms with Gasteiger partial charge < -0.3 is 15.3 Å². The first-order valence-corrected chi connectivity index (χ1v) is 8.00. The van der Waals surface area contributed by atoms with Crippen molar-refractivity contribution in [1.29, 1.82) is 0 Å². The van der Waals surface area contributed by atoms with Crippen LogP contribution in [0.15, 0.2) is 0 Å². The maximum Gasteiger partial charge on any atom is 0.236 e. The fourth-order valence-corrected chi connectivity index (χ4v) is 2.90. The lowest BCUT2D eigenvalue weighted by Gasteiger charge is -2.41. The predicted octanol–water partition coefficient (Wildman–Crippen LogP) is 0.290. The van der Waals surface area contributed by atoms with Crippen LogP contribution in [0.25, 0.3) is 0 Å². The molecule has 2 N–H and O–H groups in total. The van der Waals surface area contributed by atoms with Crippen molar-refractivity contribution in [3.63, 3.8) is 0 Å². The summed E-state index contributed by atoms with van der Waals surface area (Å²) in [4.78, 5) is 16.5. The second-order valence-corrected chi connectivity index (χ2v) is 6.32. The predicted molar refractivity (Wildman–Crippen MR) is 79.5 cm³/mol. The van der Waals surface area contributed by atoms with Gasteiger partial charge in [-0.15, -0.1) is 0 Å². The van der Waals surface area contributed by atoms with Gasteiger partial charge in [-0.05, 0) is 38.6 Å². The first-order valence-electron chi connectivity index (χ1n) is 8.00. The summed E-state index contributed by atoms with van der Waals surface area (Å²) in [7, 11) is 0. The van der Waals surface area contributed by atoms with E-state index < -0.39 is 0 Å². The van der Waals surface area contributed by atoms with Crippen LogP contribution in [-0.4, -0.2) is 72.2 Å². The lowest BCUT2D eigenvalue weighted by Crippen LogP contribution is -2.57. The number of aliphatic hydroxyl groups excluding tert-OH is 1. The molecule has 0 aromatic heterocycles. The summed E-state index contributed by atoms with van der Waals surface area (Å²) in [6, 6.07) is 0.380. The van der Waals surface area contributed by atoms with Crippen LogP contribution in [0.2, 0.25) is 0 Å². The number of piperazine rings is 1. The van der Waals surface area contributed by atoms with Crippen LogP contribution in [0, 0.1) is 5.92 Å². The van der Waals surface area contributed by atoms with E-state index in [0.29, 0.717) is 19.1 Å². The van der Waals surface area contributed by atoms with E-state index in [1.807, 2.05) is 11.8 Å². The van der Waals surface area contributed by atoms with Crippen LogP contribution in [0.1, 0.15) is 33.1 Å². The van der Waals surface area contributed by atoms with Gasteiger partial charge in [-0.3, -0.25) is 9.69 Å². The van der Waals surface area contributed by atoms with E-state index in [1.54, 1.807) is 0 Å². The Morgan fingerprint density at radius 2 is 2.15 bits per heavy atom. The van der Waals surface area contributed by atoms with Gasteiger partial charge in [-0.2, -0.15) is 0 Å². The smallest absolute Gasteiger partial charge is 0.236 e. The highest BCUT2D eigenvalue weighted by molar-refractivity contribution is 5.78. The molecule has 5 heteroatoms.